The van der Waals surface area contributed by atoms with E-state index in [0.717, 1.165) is 24.2 Å². The molecule has 0 unspecified atom stereocenters. The third-order valence-electron chi connectivity index (χ3n) is 3.47. The van der Waals surface area contributed by atoms with Crippen LogP contribution in [0.25, 0.3) is 0 Å². The van der Waals surface area contributed by atoms with Crippen LogP contribution in [0.5, 0.6) is 0 Å². The first kappa shape index (κ1) is 16.1. The number of carbonyl (C=O) groups is 1. The van der Waals surface area contributed by atoms with Gasteiger partial charge in [-0.25, -0.2) is 9.79 Å². The van der Waals surface area contributed by atoms with Crippen LogP contribution in [-0.4, -0.2) is 31.7 Å². The maximum Gasteiger partial charge on any atom is 0.414 e. The lowest BCUT2D eigenvalue weighted by Crippen LogP contribution is -2.32. The molecule has 0 atom stereocenters. The second kappa shape index (κ2) is 7.68. The molecule has 2 rings (SSSR count). The molecule has 1 heterocycles. The lowest BCUT2D eigenvalue weighted by atomic mass is 10.1. The largest absolute Gasteiger partial charge is 0.447 e. The Bertz CT molecular complexity index is 525. The van der Waals surface area contributed by atoms with E-state index in [9.17, 15) is 4.79 Å². The first-order valence-corrected chi connectivity index (χ1v) is 7.63. The summed E-state index contributed by atoms with van der Waals surface area (Å²) >= 11 is 0. The number of rotatable bonds is 6. The normalized spacial score (nSPS) is 15.3. The van der Waals surface area contributed by atoms with Crippen LogP contribution >= 0.6 is 0 Å². The first-order chi connectivity index (χ1) is 10.6. The van der Waals surface area contributed by atoms with Crippen LogP contribution in [0.3, 0.4) is 0 Å². The summed E-state index contributed by atoms with van der Waals surface area (Å²) in [4.78, 5) is 17.4. The number of amides is 1. The van der Waals surface area contributed by atoms with Gasteiger partial charge in [-0.1, -0.05) is 26.0 Å². The smallest absolute Gasteiger partial charge is 0.414 e. The summed E-state index contributed by atoms with van der Waals surface area (Å²) in [6.07, 6.45) is 0.779. The van der Waals surface area contributed by atoms with Crippen LogP contribution in [0, 0.1) is 5.92 Å². The van der Waals surface area contributed by atoms with Gasteiger partial charge in [-0.05, 0) is 30.0 Å². The van der Waals surface area contributed by atoms with Crippen LogP contribution < -0.4 is 16.0 Å². The lowest BCUT2D eigenvalue weighted by Gasteiger charge is -2.12. The van der Waals surface area contributed by atoms with Crippen molar-refractivity contribution in [3.05, 3.63) is 29.8 Å². The lowest BCUT2D eigenvalue weighted by molar-refractivity contribution is 0.181. The second-order valence-electron chi connectivity index (χ2n) is 5.74. The van der Waals surface area contributed by atoms with E-state index < -0.39 is 0 Å². The van der Waals surface area contributed by atoms with E-state index in [1.54, 1.807) is 4.90 Å². The number of anilines is 1. The van der Waals surface area contributed by atoms with Crippen molar-refractivity contribution in [1.82, 2.24) is 5.32 Å². The monoisotopic (exact) mass is 304 g/mol. The number of carbonyl (C=O) groups excluding carboxylic acids is 1. The quantitative estimate of drug-likeness (QED) is 0.623. The third kappa shape index (κ3) is 4.65. The minimum Gasteiger partial charge on any atom is -0.447 e. The Morgan fingerprint density at radius 1 is 1.41 bits per heavy atom. The van der Waals surface area contributed by atoms with Crippen molar-refractivity contribution in [2.24, 2.45) is 16.6 Å². The topological polar surface area (TPSA) is 79.9 Å². The number of nitrogens with one attached hydrogen (secondary N) is 1. The molecule has 1 aromatic rings. The van der Waals surface area contributed by atoms with Gasteiger partial charge in [-0.3, -0.25) is 4.90 Å². The van der Waals surface area contributed by atoms with Gasteiger partial charge >= 0.3 is 6.09 Å². The molecule has 1 saturated heterocycles. The number of guanidine groups is 1. The van der Waals surface area contributed by atoms with E-state index in [-0.39, 0.29) is 6.09 Å². The van der Waals surface area contributed by atoms with Gasteiger partial charge in [0.15, 0.2) is 5.96 Å². The van der Waals surface area contributed by atoms with E-state index in [4.69, 9.17) is 10.5 Å². The standard InChI is InChI=1S/C16H24N4O2/c1-12(2)7-8-18-15(17)19-11-13-3-5-14(6-4-13)20-9-10-22-16(20)21/h3-6,12H,7-11H2,1-2H3,(H3,17,18,19). The Kier molecular flexibility index (Phi) is 5.63. The molecule has 1 aliphatic rings. The van der Waals surface area contributed by atoms with Crippen molar-refractivity contribution in [1.29, 1.82) is 0 Å². The van der Waals surface area contributed by atoms with Crippen molar-refractivity contribution in [2.75, 3.05) is 24.6 Å². The Labute approximate surface area is 131 Å². The maximum atomic E-state index is 11.5. The van der Waals surface area contributed by atoms with Gasteiger partial charge in [-0.15, -0.1) is 0 Å². The summed E-state index contributed by atoms with van der Waals surface area (Å²) < 4.78 is 4.92. The van der Waals surface area contributed by atoms with Gasteiger partial charge in [0.05, 0.1) is 13.1 Å². The zero-order valence-corrected chi connectivity index (χ0v) is 13.2. The summed E-state index contributed by atoms with van der Waals surface area (Å²) in [6, 6.07) is 7.71. The van der Waals surface area contributed by atoms with E-state index >= 15 is 0 Å². The number of hydrogen-bond donors (Lipinski definition) is 2. The van der Waals surface area contributed by atoms with Crippen molar-refractivity contribution >= 4 is 17.7 Å². The number of aliphatic imine (C=N–C) groups is 1. The summed E-state index contributed by atoms with van der Waals surface area (Å²) in [6.45, 7) is 6.75. The maximum absolute atomic E-state index is 11.5. The van der Waals surface area contributed by atoms with Crippen LogP contribution in [0.2, 0.25) is 0 Å². The molecule has 6 nitrogen and oxygen atoms in total. The Morgan fingerprint density at radius 3 is 2.73 bits per heavy atom. The molecule has 3 N–H and O–H groups in total. The van der Waals surface area contributed by atoms with Crippen molar-refractivity contribution in [3.63, 3.8) is 0 Å². The van der Waals surface area contributed by atoms with Crippen molar-refractivity contribution in [3.8, 4) is 0 Å². The Morgan fingerprint density at radius 2 is 2.14 bits per heavy atom. The summed E-state index contributed by atoms with van der Waals surface area (Å²) in [5.41, 5.74) is 7.72. The van der Waals surface area contributed by atoms with Gasteiger partial charge < -0.3 is 15.8 Å². The highest BCUT2D eigenvalue weighted by Gasteiger charge is 2.23. The van der Waals surface area contributed by atoms with E-state index in [0.29, 0.717) is 31.6 Å². The Hall–Kier alpha value is -2.24. The Balaban J connectivity index is 1.84. The minimum atomic E-state index is -0.288. The fraction of sp³-hybridized carbons (Fsp3) is 0.500. The van der Waals surface area contributed by atoms with Crippen LogP contribution in [-0.2, 0) is 11.3 Å². The molecule has 0 bridgehead atoms. The third-order valence-corrected chi connectivity index (χ3v) is 3.47. The zero-order valence-electron chi connectivity index (χ0n) is 13.2. The van der Waals surface area contributed by atoms with E-state index in [1.807, 2.05) is 24.3 Å². The number of cyclic esters (lactones) is 1. The summed E-state index contributed by atoms with van der Waals surface area (Å²) in [7, 11) is 0. The molecular weight excluding hydrogens is 280 g/mol. The fourth-order valence-electron chi connectivity index (χ4n) is 2.13. The van der Waals surface area contributed by atoms with Crippen LogP contribution in [0.4, 0.5) is 10.5 Å². The molecule has 22 heavy (non-hydrogen) atoms. The molecule has 0 radical (unpaired) electrons. The molecule has 1 fully saturated rings. The number of ether oxygens (including phenoxy) is 1. The van der Waals surface area contributed by atoms with Gasteiger partial charge in [0.1, 0.15) is 6.61 Å². The second-order valence-corrected chi connectivity index (χ2v) is 5.74. The summed E-state index contributed by atoms with van der Waals surface area (Å²) in [5, 5.41) is 3.10. The van der Waals surface area contributed by atoms with Gasteiger partial charge in [-0.2, -0.15) is 0 Å². The zero-order chi connectivity index (χ0) is 15.9. The number of nitrogens with two attached hydrogens (primary N) is 1. The molecule has 120 valence electrons. The number of benzene rings is 1. The molecule has 0 spiro atoms. The molecule has 0 aromatic heterocycles. The molecule has 0 aliphatic carbocycles. The van der Waals surface area contributed by atoms with Crippen molar-refractivity contribution < 1.29 is 9.53 Å². The predicted molar refractivity (Wildman–Crippen MR) is 87.9 cm³/mol. The molecule has 0 saturated carbocycles. The molecular formula is C16H24N4O2. The predicted octanol–water partition coefficient (Wildman–Crippen LogP) is 2.09. The minimum absolute atomic E-state index is 0.288. The van der Waals surface area contributed by atoms with Gasteiger partial charge in [0.2, 0.25) is 0 Å². The highest BCUT2D eigenvalue weighted by molar-refractivity contribution is 5.89. The average Bonchev–Trinajstić information content (AvgIpc) is 2.91. The molecule has 1 aromatic carbocycles. The highest BCUT2D eigenvalue weighted by atomic mass is 16.6. The van der Waals surface area contributed by atoms with E-state index in [1.165, 1.54) is 0 Å². The van der Waals surface area contributed by atoms with Crippen LogP contribution in [0.15, 0.2) is 29.3 Å². The average molecular weight is 304 g/mol. The molecule has 1 aliphatic heterocycles. The van der Waals surface area contributed by atoms with Crippen molar-refractivity contribution in [2.45, 2.75) is 26.8 Å². The fourth-order valence-corrected chi connectivity index (χ4v) is 2.13. The SMILES string of the molecule is CC(C)CCNC(N)=NCc1ccc(N2CCOC2=O)cc1. The molecule has 6 heteroatoms. The van der Waals surface area contributed by atoms with Gasteiger partial charge in [0, 0.05) is 12.2 Å². The molecule has 1 amide bonds. The highest BCUT2D eigenvalue weighted by Crippen LogP contribution is 2.19. The summed E-state index contributed by atoms with van der Waals surface area (Å²) in [5.74, 6) is 1.11. The van der Waals surface area contributed by atoms with Gasteiger partial charge in [0.25, 0.3) is 0 Å². The number of nitrogens with zero attached hydrogens (tertiary/aromatic N) is 2. The van der Waals surface area contributed by atoms with Crippen LogP contribution in [0.1, 0.15) is 25.8 Å². The van der Waals surface area contributed by atoms with E-state index in [2.05, 4.69) is 24.2 Å². The first-order valence-electron chi connectivity index (χ1n) is 7.63. The number of hydrogen-bond acceptors (Lipinski definition) is 3.